The predicted molar refractivity (Wildman–Crippen MR) is 35.4 cm³/mol. The summed E-state index contributed by atoms with van der Waals surface area (Å²) in [5.41, 5.74) is 2.39. The van der Waals surface area contributed by atoms with Gasteiger partial charge in [0.2, 0.25) is 0 Å². The molecule has 0 aliphatic carbocycles. The predicted octanol–water partition coefficient (Wildman–Crippen LogP) is 0.489. The Morgan fingerprint density at radius 1 is 1.44 bits per heavy atom. The zero-order valence-corrected chi connectivity index (χ0v) is 4.96. The van der Waals surface area contributed by atoms with E-state index in [1.54, 1.807) is 0 Å². The van der Waals surface area contributed by atoms with Crippen LogP contribution in [0.2, 0.25) is 0 Å². The summed E-state index contributed by atoms with van der Waals surface area (Å²) in [5.74, 6) is 0. The summed E-state index contributed by atoms with van der Waals surface area (Å²) in [6, 6.07) is 0. The van der Waals surface area contributed by atoms with Crippen molar-refractivity contribution in [2.75, 3.05) is 6.54 Å². The molecule has 1 N–H and O–H groups in total. The monoisotopic (exact) mass is 119 g/mol. The summed E-state index contributed by atoms with van der Waals surface area (Å²) in [5, 5.41) is 7.23. The fourth-order valence-electron chi connectivity index (χ4n) is 0.982. The van der Waals surface area contributed by atoms with Crippen LogP contribution in [0.5, 0.6) is 0 Å². The Bertz CT molecular complexity index is 211. The first kappa shape index (κ1) is 4.68. The molecule has 0 amide bonds. The van der Waals surface area contributed by atoms with E-state index in [-0.39, 0.29) is 0 Å². The molecule has 2 heteroatoms. The Hall–Kier alpha value is -1.18. The zero-order chi connectivity index (χ0) is 6.10. The molecule has 1 radical (unpaired) electrons. The van der Waals surface area contributed by atoms with Crippen LogP contribution in [0.25, 0.3) is 0 Å². The largest absolute Gasteiger partial charge is 0.385 e. The number of rotatable bonds is 0. The van der Waals surface area contributed by atoms with Gasteiger partial charge in [-0.1, -0.05) is 0 Å². The van der Waals surface area contributed by atoms with Gasteiger partial charge in [-0.05, 0) is 18.4 Å². The molecule has 0 aromatic heterocycles. The van der Waals surface area contributed by atoms with Crippen molar-refractivity contribution < 1.29 is 0 Å². The van der Waals surface area contributed by atoms with E-state index >= 15 is 0 Å². The number of hydrogen-bond acceptors (Lipinski definition) is 1. The van der Waals surface area contributed by atoms with Gasteiger partial charge in [0.25, 0.3) is 0 Å². The van der Waals surface area contributed by atoms with Gasteiger partial charge in [-0.25, -0.2) is 0 Å². The van der Waals surface area contributed by atoms with Gasteiger partial charge in [0.05, 0.1) is 12.2 Å². The lowest BCUT2D eigenvalue weighted by atomic mass is 10.2. The van der Waals surface area contributed by atoms with Crippen LogP contribution < -0.4 is 10.6 Å². The van der Waals surface area contributed by atoms with E-state index in [4.69, 9.17) is 0 Å². The molecule has 2 nitrogen and oxygen atoms in total. The number of hydrogen-bond donors (Lipinski definition) is 1. The lowest BCUT2D eigenvalue weighted by molar-refractivity contribution is 0.852. The van der Waals surface area contributed by atoms with Crippen molar-refractivity contribution in [2.24, 2.45) is 0 Å². The maximum absolute atomic E-state index is 4.14. The molecule has 0 aromatic carbocycles. The third kappa shape index (κ3) is 0.633. The first-order chi connectivity index (χ1) is 4.47. The fraction of sp³-hybridized carbons (Fsp3) is 0.143. The van der Waals surface area contributed by atoms with Crippen molar-refractivity contribution in [2.45, 2.75) is 0 Å². The molecule has 0 bridgehead atoms. The van der Waals surface area contributed by atoms with Crippen LogP contribution in [-0.2, 0) is 0 Å². The van der Waals surface area contributed by atoms with Crippen LogP contribution in [-0.4, -0.2) is 6.54 Å². The molecule has 0 aromatic rings. The molecule has 0 saturated heterocycles. The van der Waals surface area contributed by atoms with Crippen molar-refractivity contribution in [1.82, 2.24) is 10.6 Å². The first-order valence-corrected chi connectivity index (χ1v) is 2.97. The van der Waals surface area contributed by atoms with Gasteiger partial charge >= 0.3 is 0 Å². The van der Waals surface area contributed by atoms with E-state index < -0.39 is 0 Å². The second-order valence-electron chi connectivity index (χ2n) is 2.06. The Labute approximate surface area is 53.9 Å². The van der Waals surface area contributed by atoms with Gasteiger partial charge in [0.1, 0.15) is 0 Å². The normalized spacial score (nSPS) is 21.3. The highest BCUT2D eigenvalue weighted by atomic mass is 15.0. The minimum Gasteiger partial charge on any atom is -0.385 e. The van der Waals surface area contributed by atoms with Crippen molar-refractivity contribution in [1.29, 1.82) is 0 Å². The summed E-state index contributed by atoms with van der Waals surface area (Å²) in [4.78, 5) is 0. The highest BCUT2D eigenvalue weighted by Crippen LogP contribution is 2.14. The molecule has 9 heavy (non-hydrogen) atoms. The van der Waals surface area contributed by atoms with Gasteiger partial charge in [-0.2, -0.15) is 0 Å². The maximum atomic E-state index is 4.14. The molecule has 45 valence electrons. The molecule has 0 fully saturated rings. The summed E-state index contributed by atoms with van der Waals surface area (Å²) < 4.78 is 0. The van der Waals surface area contributed by atoms with Crippen molar-refractivity contribution in [3.05, 3.63) is 35.8 Å². The molecule has 0 saturated carbocycles. The number of nitrogens with one attached hydrogen (secondary N) is 1. The molecule has 0 spiro atoms. The van der Waals surface area contributed by atoms with Gasteiger partial charge < -0.3 is 5.32 Å². The lowest BCUT2D eigenvalue weighted by Gasteiger charge is -2.07. The smallest absolute Gasteiger partial charge is 0.0667 e. The molecule has 2 rings (SSSR count). The van der Waals surface area contributed by atoms with Gasteiger partial charge in [-0.3, -0.25) is 5.32 Å². The Balaban J connectivity index is 2.35. The Morgan fingerprint density at radius 2 is 2.44 bits per heavy atom. The van der Waals surface area contributed by atoms with E-state index in [9.17, 15) is 0 Å². The minimum absolute atomic E-state index is 0.874. The third-order valence-electron chi connectivity index (χ3n) is 1.47. The molecule has 2 aliphatic rings. The van der Waals surface area contributed by atoms with Crippen LogP contribution in [0, 0.1) is 0 Å². The van der Waals surface area contributed by atoms with Gasteiger partial charge in [-0.15, -0.1) is 0 Å². The van der Waals surface area contributed by atoms with Crippen LogP contribution in [0.3, 0.4) is 0 Å². The second-order valence-corrected chi connectivity index (χ2v) is 2.06. The van der Waals surface area contributed by atoms with Crippen LogP contribution in [0.1, 0.15) is 0 Å². The zero-order valence-electron chi connectivity index (χ0n) is 4.96. The summed E-state index contributed by atoms with van der Waals surface area (Å²) in [6.07, 6.45) is 7.84. The number of dihydropyridines is 1. The minimum atomic E-state index is 0.874. The second kappa shape index (κ2) is 1.65. The summed E-state index contributed by atoms with van der Waals surface area (Å²) >= 11 is 0. The van der Waals surface area contributed by atoms with E-state index in [0.717, 1.165) is 12.2 Å². The topological polar surface area (TPSA) is 26.1 Å². The third-order valence-corrected chi connectivity index (χ3v) is 1.47. The van der Waals surface area contributed by atoms with Crippen LogP contribution in [0.15, 0.2) is 35.8 Å². The van der Waals surface area contributed by atoms with E-state index in [1.807, 2.05) is 24.6 Å². The lowest BCUT2D eigenvalue weighted by Crippen LogP contribution is -2.16. The van der Waals surface area contributed by atoms with Crippen molar-refractivity contribution in [3.63, 3.8) is 0 Å². The van der Waals surface area contributed by atoms with Gasteiger partial charge in [0.15, 0.2) is 0 Å². The standard InChI is InChI=1S/C7H7N2/c1-3-8-5-7-6(1)2-4-9-7/h1-4,8H,5H2. The SMILES string of the molecule is C1=CC2=C(CNC=C2)[N]1. The Morgan fingerprint density at radius 3 is 3.33 bits per heavy atom. The molecular weight excluding hydrogens is 112 g/mol. The van der Waals surface area contributed by atoms with E-state index in [2.05, 4.69) is 10.6 Å². The molecule has 2 heterocycles. The molecule has 2 aliphatic heterocycles. The number of allylic oxidation sites excluding steroid dienone is 3. The van der Waals surface area contributed by atoms with Crippen LogP contribution in [0.4, 0.5) is 0 Å². The maximum Gasteiger partial charge on any atom is 0.0667 e. The van der Waals surface area contributed by atoms with Gasteiger partial charge in [0, 0.05) is 11.8 Å². The molecule has 0 unspecified atom stereocenters. The van der Waals surface area contributed by atoms with E-state index in [1.165, 1.54) is 5.57 Å². The fourth-order valence-corrected chi connectivity index (χ4v) is 0.982. The highest BCUT2D eigenvalue weighted by Gasteiger charge is 2.08. The first-order valence-electron chi connectivity index (χ1n) is 2.97. The quantitative estimate of drug-likeness (QED) is 0.493. The van der Waals surface area contributed by atoms with Crippen molar-refractivity contribution >= 4 is 0 Å². The average Bonchev–Trinajstić information content (AvgIpc) is 2.33. The van der Waals surface area contributed by atoms with Crippen LogP contribution >= 0.6 is 0 Å². The average molecular weight is 119 g/mol. The summed E-state index contributed by atoms with van der Waals surface area (Å²) in [6.45, 7) is 0.874. The van der Waals surface area contributed by atoms with E-state index in [0.29, 0.717) is 0 Å². The summed E-state index contributed by atoms with van der Waals surface area (Å²) in [7, 11) is 0. The van der Waals surface area contributed by atoms with Crippen molar-refractivity contribution in [3.8, 4) is 0 Å². The number of nitrogens with zero attached hydrogens (tertiary/aromatic N) is 1. The molecule has 0 atom stereocenters. The Kier molecular flexibility index (Phi) is 0.859. The highest BCUT2D eigenvalue weighted by molar-refractivity contribution is 5.42. The molecular formula is C7H7N2.